The highest BCUT2D eigenvalue weighted by Gasteiger charge is 2.25. The Bertz CT molecular complexity index is 751. The Kier molecular flexibility index (Phi) is 4.02. The molecule has 7 heteroatoms. The molecule has 0 aliphatic rings. The molecule has 2 aromatic heterocycles. The largest absolute Gasteiger partial charge is 0.480 e. The van der Waals surface area contributed by atoms with E-state index in [9.17, 15) is 14.4 Å². The van der Waals surface area contributed by atoms with Crippen LogP contribution in [-0.4, -0.2) is 32.4 Å². The third-order valence-electron chi connectivity index (χ3n) is 3.08. The van der Waals surface area contributed by atoms with Gasteiger partial charge in [0.1, 0.15) is 17.3 Å². The molecule has 0 spiro atoms. The molecule has 1 atom stereocenters. The number of fused-ring (bicyclic) bond motifs is 1. The number of pyridine rings is 1. The van der Waals surface area contributed by atoms with E-state index in [1.54, 1.807) is 32.0 Å². The number of aromatic nitrogens is 2. The second-order valence-corrected chi connectivity index (χ2v) is 4.94. The molecule has 0 saturated heterocycles. The maximum Gasteiger partial charge on any atom is 0.326 e. The average Bonchev–Trinajstić information content (AvgIpc) is 2.44. The summed E-state index contributed by atoms with van der Waals surface area (Å²) < 4.78 is 1.24. The smallest absolute Gasteiger partial charge is 0.326 e. The highest BCUT2D eigenvalue weighted by Crippen LogP contribution is 2.04. The van der Waals surface area contributed by atoms with Crippen LogP contribution in [0.15, 0.2) is 35.4 Å². The minimum Gasteiger partial charge on any atom is -0.480 e. The number of hydrogen-bond acceptors (Lipinski definition) is 4. The van der Waals surface area contributed by atoms with Crippen molar-refractivity contribution in [3.8, 4) is 0 Å². The van der Waals surface area contributed by atoms with Crippen LogP contribution in [0, 0.1) is 5.92 Å². The van der Waals surface area contributed by atoms with Crippen molar-refractivity contribution in [1.29, 1.82) is 0 Å². The van der Waals surface area contributed by atoms with Crippen LogP contribution in [0.4, 0.5) is 0 Å². The SMILES string of the molecule is CC(C)[C@@H](NC(=O)c1cnc2ccccn2c1=O)C(=O)O. The number of nitrogens with zero attached hydrogens (tertiary/aromatic N) is 2. The van der Waals surface area contributed by atoms with E-state index in [1.807, 2.05) is 0 Å². The first-order valence-electron chi connectivity index (χ1n) is 6.42. The second-order valence-electron chi connectivity index (χ2n) is 4.94. The molecule has 0 aromatic carbocycles. The van der Waals surface area contributed by atoms with E-state index in [-0.39, 0.29) is 11.5 Å². The molecule has 2 N–H and O–H groups in total. The Morgan fingerprint density at radius 1 is 1.33 bits per heavy atom. The zero-order valence-electron chi connectivity index (χ0n) is 11.6. The molecule has 1 amide bonds. The number of hydrogen-bond donors (Lipinski definition) is 2. The Morgan fingerprint density at radius 3 is 2.67 bits per heavy atom. The minimum absolute atomic E-state index is 0.189. The average molecular weight is 289 g/mol. The van der Waals surface area contributed by atoms with Crippen LogP contribution in [0.25, 0.3) is 5.65 Å². The standard InChI is InChI=1S/C14H15N3O4/c1-8(2)11(14(20)21)16-12(18)9-7-15-10-5-3-4-6-17(10)13(9)19/h3-8,11H,1-2H3,(H,16,18)(H,20,21)/t11-/m1/s1. The zero-order valence-corrected chi connectivity index (χ0v) is 11.6. The number of rotatable bonds is 4. The fourth-order valence-corrected chi connectivity index (χ4v) is 1.91. The van der Waals surface area contributed by atoms with Gasteiger partial charge in [-0.05, 0) is 18.1 Å². The molecule has 110 valence electrons. The molecule has 2 aromatic rings. The van der Waals surface area contributed by atoms with Crippen LogP contribution in [0.5, 0.6) is 0 Å². The van der Waals surface area contributed by atoms with E-state index in [2.05, 4.69) is 10.3 Å². The lowest BCUT2D eigenvalue weighted by molar-refractivity contribution is -0.140. The highest BCUT2D eigenvalue weighted by molar-refractivity contribution is 5.96. The summed E-state index contributed by atoms with van der Waals surface area (Å²) in [6.07, 6.45) is 2.66. The quantitative estimate of drug-likeness (QED) is 0.855. The molecule has 0 bridgehead atoms. The maximum atomic E-state index is 12.2. The molecule has 21 heavy (non-hydrogen) atoms. The minimum atomic E-state index is -1.15. The Hall–Kier alpha value is -2.70. The van der Waals surface area contributed by atoms with Crippen molar-refractivity contribution in [1.82, 2.24) is 14.7 Å². The van der Waals surface area contributed by atoms with Crippen LogP contribution in [-0.2, 0) is 4.79 Å². The zero-order chi connectivity index (χ0) is 15.6. The van der Waals surface area contributed by atoms with Crippen molar-refractivity contribution in [2.24, 2.45) is 5.92 Å². The Balaban J connectivity index is 2.38. The van der Waals surface area contributed by atoms with Gasteiger partial charge >= 0.3 is 5.97 Å². The van der Waals surface area contributed by atoms with Gasteiger partial charge in [0, 0.05) is 12.4 Å². The van der Waals surface area contributed by atoms with Gasteiger partial charge in [0.05, 0.1) is 0 Å². The van der Waals surface area contributed by atoms with Crippen molar-refractivity contribution in [2.75, 3.05) is 0 Å². The number of carbonyl (C=O) groups is 2. The summed E-state index contributed by atoms with van der Waals surface area (Å²) in [5, 5.41) is 11.4. The topological polar surface area (TPSA) is 101 Å². The molecule has 0 fully saturated rings. The van der Waals surface area contributed by atoms with Gasteiger partial charge in [0.2, 0.25) is 0 Å². The lowest BCUT2D eigenvalue weighted by Gasteiger charge is -2.17. The molecule has 0 unspecified atom stereocenters. The molecule has 2 rings (SSSR count). The summed E-state index contributed by atoms with van der Waals surface area (Å²) in [6.45, 7) is 3.34. The van der Waals surface area contributed by atoms with Crippen LogP contribution in [0.1, 0.15) is 24.2 Å². The molecule has 7 nitrogen and oxygen atoms in total. The van der Waals surface area contributed by atoms with Gasteiger partial charge in [-0.2, -0.15) is 0 Å². The third kappa shape index (κ3) is 2.91. The van der Waals surface area contributed by atoms with Crippen molar-refractivity contribution < 1.29 is 14.7 Å². The van der Waals surface area contributed by atoms with Crippen molar-refractivity contribution in [3.63, 3.8) is 0 Å². The van der Waals surface area contributed by atoms with Crippen molar-refractivity contribution in [2.45, 2.75) is 19.9 Å². The predicted molar refractivity (Wildman–Crippen MR) is 75.2 cm³/mol. The van der Waals surface area contributed by atoms with Gasteiger partial charge in [-0.15, -0.1) is 0 Å². The van der Waals surface area contributed by atoms with Gasteiger partial charge in [-0.25, -0.2) is 9.78 Å². The fourth-order valence-electron chi connectivity index (χ4n) is 1.91. The summed E-state index contributed by atoms with van der Waals surface area (Å²) in [5.41, 5.74) is -0.311. The number of amides is 1. The number of carboxylic acid groups (broad SMARTS) is 1. The normalized spacial score (nSPS) is 12.3. The maximum absolute atomic E-state index is 12.2. The lowest BCUT2D eigenvalue weighted by Crippen LogP contribution is -2.45. The van der Waals surface area contributed by atoms with Gasteiger partial charge < -0.3 is 10.4 Å². The first-order valence-corrected chi connectivity index (χ1v) is 6.42. The number of aliphatic carboxylic acids is 1. The van der Waals surface area contributed by atoms with E-state index in [4.69, 9.17) is 5.11 Å². The van der Waals surface area contributed by atoms with Crippen molar-refractivity contribution >= 4 is 17.5 Å². The summed E-state index contributed by atoms with van der Waals surface area (Å²) in [6, 6.07) is 3.94. The summed E-state index contributed by atoms with van der Waals surface area (Å²) >= 11 is 0. The van der Waals surface area contributed by atoms with Gasteiger partial charge in [-0.1, -0.05) is 19.9 Å². The van der Waals surface area contributed by atoms with Crippen LogP contribution >= 0.6 is 0 Å². The van der Waals surface area contributed by atoms with Crippen LogP contribution in [0.3, 0.4) is 0 Å². The van der Waals surface area contributed by atoms with Gasteiger partial charge in [0.15, 0.2) is 0 Å². The molecular formula is C14H15N3O4. The number of nitrogens with one attached hydrogen (secondary N) is 1. The molecule has 2 heterocycles. The third-order valence-corrected chi connectivity index (χ3v) is 3.08. The molecule has 0 aliphatic heterocycles. The monoisotopic (exact) mass is 289 g/mol. The van der Waals surface area contributed by atoms with Gasteiger partial charge in [-0.3, -0.25) is 14.0 Å². The lowest BCUT2D eigenvalue weighted by atomic mass is 10.0. The Morgan fingerprint density at radius 2 is 2.05 bits per heavy atom. The van der Waals surface area contributed by atoms with E-state index in [1.165, 1.54) is 10.6 Å². The highest BCUT2D eigenvalue weighted by atomic mass is 16.4. The van der Waals surface area contributed by atoms with Gasteiger partial charge in [0.25, 0.3) is 11.5 Å². The summed E-state index contributed by atoms with van der Waals surface area (Å²) in [5.74, 6) is -2.19. The summed E-state index contributed by atoms with van der Waals surface area (Å²) in [4.78, 5) is 39.4. The van der Waals surface area contributed by atoms with E-state index >= 15 is 0 Å². The first kappa shape index (κ1) is 14.7. The molecular weight excluding hydrogens is 274 g/mol. The van der Waals surface area contributed by atoms with Crippen LogP contribution < -0.4 is 10.9 Å². The van der Waals surface area contributed by atoms with Crippen molar-refractivity contribution in [3.05, 3.63) is 46.5 Å². The Labute approximate surface area is 120 Å². The van der Waals surface area contributed by atoms with E-state index in [0.29, 0.717) is 5.65 Å². The molecule has 0 radical (unpaired) electrons. The predicted octanol–water partition coefficient (Wildman–Crippen LogP) is 0.533. The summed E-state index contributed by atoms with van der Waals surface area (Å²) in [7, 11) is 0. The molecule has 0 aliphatic carbocycles. The molecule has 0 saturated carbocycles. The van der Waals surface area contributed by atoms with Crippen LogP contribution in [0.2, 0.25) is 0 Å². The number of carboxylic acids is 1. The fraction of sp³-hybridized carbons (Fsp3) is 0.286. The van der Waals surface area contributed by atoms with E-state index in [0.717, 1.165) is 6.20 Å². The number of carbonyl (C=O) groups excluding carboxylic acids is 1. The van der Waals surface area contributed by atoms with E-state index < -0.39 is 23.5 Å². The first-order chi connectivity index (χ1) is 9.91. The second kappa shape index (κ2) is 5.74.